The van der Waals surface area contributed by atoms with Crippen molar-refractivity contribution in [3.8, 4) is 34.8 Å². The third kappa shape index (κ3) is 6.43. The first-order chi connectivity index (χ1) is 24.1. The molecule has 2 aromatic carbocycles. The van der Waals surface area contributed by atoms with E-state index in [0.29, 0.717) is 28.7 Å². The summed E-state index contributed by atoms with van der Waals surface area (Å²) in [6.45, 7) is 2.34. The lowest BCUT2D eigenvalue weighted by Crippen LogP contribution is -2.69. The van der Waals surface area contributed by atoms with Crippen LogP contribution < -0.4 is 19.5 Å². The van der Waals surface area contributed by atoms with Gasteiger partial charge >= 0.3 is 12.1 Å². The molecule has 1 fully saturated rings. The zero-order valence-electron chi connectivity index (χ0n) is 28.2. The summed E-state index contributed by atoms with van der Waals surface area (Å²) >= 11 is 18.3. The van der Waals surface area contributed by atoms with Gasteiger partial charge in [0.05, 0.1) is 31.3 Å². The van der Waals surface area contributed by atoms with Gasteiger partial charge in [-0.05, 0) is 44.7 Å². The number of alkyl halides is 3. The summed E-state index contributed by atoms with van der Waals surface area (Å²) in [7, 11) is 3.29. The van der Waals surface area contributed by atoms with Gasteiger partial charge in [0.1, 0.15) is 37.2 Å². The molecule has 2 aromatic rings. The minimum Gasteiger partial charge on any atom is -0.507 e. The van der Waals surface area contributed by atoms with E-state index in [9.17, 15) is 30.2 Å². The number of rotatable bonds is 8. The second-order valence-corrected chi connectivity index (χ2v) is 16.3. The summed E-state index contributed by atoms with van der Waals surface area (Å²) in [6.07, 6.45) is -0.313. The SMILES string of the molecule is COc1c(C)cc2c(c1O)[C@H]1[C@@H]3C(O)c4c(O)c(C)c5c(c4[C@H](COC(=O)[C@@H](CSC)NC(=O)OCC(Cl)(Cl)Cl)N3[C@@H](C#N)[C@@H](C2)N1C)OCO5. The van der Waals surface area contributed by atoms with Crippen molar-refractivity contribution in [1.82, 2.24) is 15.1 Å². The van der Waals surface area contributed by atoms with Crippen LogP contribution in [-0.4, -0.2) is 111 Å². The highest BCUT2D eigenvalue weighted by Gasteiger charge is 2.60. The third-order valence-corrected chi connectivity index (χ3v) is 11.0. The minimum absolute atomic E-state index is 0.0853. The predicted molar refractivity (Wildman–Crippen MR) is 187 cm³/mol. The van der Waals surface area contributed by atoms with Crippen LogP contribution in [0.25, 0.3) is 0 Å². The Morgan fingerprint density at radius 2 is 1.86 bits per heavy atom. The van der Waals surface area contributed by atoms with Gasteiger partial charge in [-0.2, -0.15) is 17.0 Å². The molecule has 0 aliphatic carbocycles. The molecule has 4 aliphatic heterocycles. The molecule has 0 saturated carbocycles. The first-order valence-electron chi connectivity index (χ1n) is 15.9. The van der Waals surface area contributed by atoms with Gasteiger partial charge in [-0.3, -0.25) is 9.80 Å². The summed E-state index contributed by atoms with van der Waals surface area (Å²) < 4.78 is 26.2. The van der Waals surface area contributed by atoms with E-state index in [-0.39, 0.29) is 53.5 Å². The van der Waals surface area contributed by atoms with Gasteiger partial charge in [-0.25, -0.2) is 9.59 Å². The number of nitrogens with zero attached hydrogens (tertiary/aromatic N) is 3. The lowest BCUT2D eigenvalue weighted by atomic mass is 9.70. The minimum atomic E-state index is -1.86. The molecule has 4 heterocycles. The molecule has 7 atom stereocenters. The summed E-state index contributed by atoms with van der Waals surface area (Å²) in [5.74, 6) is -0.252. The number of aliphatic hydroxyl groups is 1. The van der Waals surface area contributed by atoms with E-state index in [2.05, 4.69) is 11.4 Å². The van der Waals surface area contributed by atoms with E-state index in [1.807, 2.05) is 24.9 Å². The van der Waals surface area contributed by atoms with Crippen LogP contribution in [0.2, 0.25) is 0 Å². The number of esters is 1. The Hall–Kier alpha value is -3.23. The monoisotopic (exact) mass is 786 g/mol. The maximum atomic E-state index is 13.6. The Labute approximate surface area is 313 Å². The molecule has 14 nitrogen and oxygen atoms in total. The number of piperazine rings is 1. The van der Waals surface area contributed by atoms with Crippen molar-refractivity contribution in [3.63, 3.8) is 0 Å². The Morgan fingerprint density at radius 3 is 2.51 bits per heavy atom. The van der Waals surface area contributed by atoms with Gasteiger partial charge in [0.15, 0.2) is 23.0 Å². The van der Waals surface area contributed by atoms with Crippen molar-refractivity contribution in [3.05, 3.63) is 39.4 Å². The molecule has 2 bridgehead atoms. The van der Waals surface area contributed by atoms with Crippen LogP contribution in [0.3, 0.4) is 0 Å². The second-order valence-electron chi connectivity index (χ2n) is 12.8. The topological polar surface area (TPSA) is 183 Å². The van der Waals surface area contributed by atoms with Crippen LogP contribution in [0.15, 0.2) is 6.07 Å². The number of phenols is 2. The number of thioether (sulfide) groups is 1. The fourth-order valence-electron chi connectivity index (χ4n) is 7.95. The number of nitriles is 1. The number of ether oxygens (including phenoxy) is 5. The van der Waals surface area contributed by atoms with E-state index in [1.54, 1.807) is 18.1 Å². The first-order valence-corrected chi connectivity index (χ1v) is 18.4. The molecule has 6 rings (SSSR count). The van der Waals surface area contributed by atoms with Gasteiger partial charge < -0.3 is 44.3 Å². The van der Waals surface area contributed by atoms with Crippen molar-refractivity contribution >= 4 is 58.6 Å². The number of aryl methyl sites for hydroxylation is 1. The number of likely N-dealkylation sites (N-methyl/N-ethyl adjacent to an activating group) is 1. The molecule has 1 saturated heterocycles. The number of alkyl carbamates (subject to hydrolysis) is 1. The van der Waals surface area contributed by atoms with Crippen molar-refractivity contribution < 1.29 is 48.6 Å². The number of phenolic OH excluding ortho intramolecular Hbond substituents is 2. The molecular formula is C33H37Cl3N4O10S. The fraction of sp³-hybridized carbons (Fsp3) is 0.545. The number of hydrogen-bond acceptors (Lipinski definition) is 14. The highest BCUT2D eigenvalue weighted by Crippen LogP contribution is 2.61. The highest BCUT2D eigenvalue weighted by molar-refractivity contribution is 7.98. The molecular weight excluding hydrogens is 751 g/mol. The third-order valence-electron chi connectivity index (χ3n) is 10.0. The summed E-state index contributed by atoms with van der Waals surface area (Å²) in [5, 5.41) is 48.9. The number of fused-ring (bicyclic) bond motifs is 9. The lowest BCUT2D eigenvalue weighted by Gasteiger charge is -2.60. The number of carbonyl (C=O) groups excluding carboxylic acids is 2. The smallest absolute Gasteiger partial charge is 0.408 e. The molecule has 51 heavy (non-hydrogen) atoms. The predicted octanol–water partition coefficient (Wildman–Crippen LogP) is 4.09. The molecule has 0 radical (unpaired) electrons. The van der Waals surface area contributed by atoms with Crippen molar-refractivity contribution in [2.75, 3.05) is 46.2 Å². The van der Waals surface area contributed by atoms with Gasteiger partial charge in [0, 0.05) is 34.0 Å². The van der Waals surface area contributed by atoms with E-state index >= 15 is 0 Å². The van der Waals surface area contributed by atoms with Crippen LogP contribution in [0, 0.1) is 25.2 Å². The number of aromatic hydroxyl groups is 2. The number of benzene rings is 2. The fourth-order valence-corrected chi connectivity index (χ4v) is 8.67. The van der Waals surface area contributed by atoms with Crippen LogP contribution in [-0.2, 0) is 20.7 Å². The zero-order valence-corrected chi connectivity index (χ0v) is 31.3. The van der Waals surface area contributed by atoms with E-state index in [1.165, 1.54) is 18.9 Å². The number of methoxy groups -OCH3 is 1. The normalized spacial score (nSPS) is 25.5. The highest BCUT2D eigenvalue weighted by atomic mass is 35.6. The maximum Gasteiger partial charge on any atom is 0.408 e. The Balaban J connectivity index is 1.45. The summed E-state index contributed by atoms with van der Waals surface area (Å²) in [5.41, 5.74) is 2.81. The molecule has 276 valence electrons. The molecule has 18 heteroatoms. The lowest BCUT2D eigenvalue weighted by molar-refractivity contribution is -0.156. The van der Waals surface area contributed by atoms with Gasteiger partial charge in [-0.1, -0.05) is 40.9 Å². The van der Waals surface area contributed by atoms with Crippen LogP contribution in [0.5, 0.6) is 28.7 Å². The summed E-state index contributed by atoms with van der Waals surface area (Å²) in [4.78, 5) is 29.9. The molecule has 0 spiro atoms. The Morgan fingerprint density at radius 1 is 1.16 bits per heavy atom. The average Bonchev–Trinajstić information content (AvgIpc) is 3.56. The van der Waals surface area contributed by atoms with Crippen LogP contribution >= 0.6 is 46.6 Å². The maximum absolute atomic E-state index is 13.6. The van der Waals surface area contributed by atoms with Crippen molar-refractivity contribution in [1.29, 1.82) is 5.26 Å². The Bertz CT molecular complexity index is 1790. The second kappa shape index (κ2) is 14.3. The van der Waals surface area contributed by atoms with Gasteiger partial charge in [0.2, 0.25) is 10.6 Å². The Kier molecular flexibility index (Phi) is 10.5. The van der Waals surface area contributed by atoms with Crippen LogP contribution in [0.1, 0.15) is 51.6 Å². The molecule has 1 unspecified atom stereocenters. The van der Waals surface area contributed by atoms with Gasteiger partial charge in [0.25, 0.3) is 0 Å². The quantitative estimate of drug-likeness (QED) is 0.222. The largest absolute Gasteiger partial charge is 0.507 e. The standard InChI is InChI=1S/C33H37Cl3N4O10S/c1-13-6-15-7-17-18(8-37)40-19(9-47-31(44)16(10-51-5)38-32(45)48-11-33(34,35)36)21-22(25(41)14(2)29-30(21)50-12-49-29)26(42)24(40)23(39(17)3)20(15)27(43)28(13)46-4/h6,16-19,23-24,26,41-43H,7,9-12H2,1-5H3,(H,38,45)/t16-,17-,18+,19+,23+,24-,26?/m1/s1. The first kappa shape index (κ1) is 37.5. The number of aliphatic hydroxyl groups excluding tert-OH is 1. The van der Waals surface area contributed by atoms with Crippen molar-refractivity contribution in [2.45, 2.75) is 66.4 Å². The average molecular weight is 788 g/mol. The number of amides is 1. The number of hydrogen-bond donors (Lipinski definition) is 4. The number of halogens is 3. The molecule has 4 N–H and O–H groups in total. The van der Waals surface area contributed by atoms with E-state index < -0.39 is 64.8 Å². The number of carbonyl (C=O) groups is 2. The van der Waals surface area contributed by atoms with E-state index in [4.69, 9.17) is 58.5 Å². The zero-order chi connectivity index (χ0) is 37.1. The van der Waals surface area contributed by atoms with Crippen molar-refractivity contribution in [2.24, 2.45) is 0 Å². The van der Waals surface area contributed by atoms with Gasteiger partial charge in [-0.15, -0.1) is 0 Å². The number of nitrogens with one attached hydrogen (secondary N) is 1. The molecule has 1 amide bonds. The summed E-state index contributed by atoms with van der Waals surface area (Å²) in [6, 6.07) is -0.752. The molecule has 0 aromatic heterocycles. The van der Waals surface area contributed by atoms with Crippen LogP contribution in [0.4, 0.5) is 4.79 Å². The van der Waals surface area contributed by atoms with E-state index in [0.717, 1.165) is 5.56 Å². The molecule has 4 aliphatic rings.